The first kappa shape index (κ1) is 17.7. The molecule has 2 rings (SSSR count). The van der Waals surface area contributed by atoms with E-state index in [9.17, 15) is 9.59 Å². The summed E-state index contributed by atoms with van der Waals surface area (Å²) in [5, 5.41) is 3.13. The molecule has 4 nitrogen and oxygen atoms in total. The topological polar surface area (TPSA) is 49.4 Å². The van der Waals surface area contributed by atoms with Gasteiger partial charge >= 0.3 is 0 Å². The third-order valence-electron chi connectivity index (χ3n) is 4.53. The maximum Gasteiger partial charge on any atom is 0.243 e. The van der Waals surface area contributed by atoms with Crippen molar-refractivity contribution in [3.63, 3.8) is 0 Å². The van der Waals surface area contributed by atoms with Crippen molar-refractivity contribution in [1.29, 1.82) is 0 Å². The summed E-state index contributed by atoms with van der Waals surface area (Å²) in [5.74, 6) is -0.332. The molecule has 0 fully saturated rings. The molecule has 0 bridgehead atoms. The van der Waals surface area contributed by atoms with Gasteiger partial charge in [0.1, 0.15) is 6.04 Å². The molecule has 0 spiro atoms. The summed E-state index contributed by atoms with van der Waals surface area (Å²) in [6.07, 6.45) is 0. The minimum Gasteiger partial charge on any atom is -0.341 e. The molecule has 0 radical (unpaired) electrons. The predicted molar refractivity (Wildman–Crippen MR) is 95.4 cm³/mol. The number of benzene rings is 2. The van der Waals surface area contributed by atoms with Gasteiger partial charge in [-0.05, 0) is 25.0 Å². The summed E-state index contributed by atoms with van der Waals surface area (Å²) in [6, 6.07) is 19.1. The monoisotopic (exact) mass is 324 g/mol. The average Bonchev–Trinajstić information content (AvgIpc) is 2.61. The van der Waals surface area contributed by atoms with Crippen LogP contribution >= 0.6 is 0 Å². The van der Waals surface area contributed by atoms with E-state index < -0.39 is 11.6 Å². The van der Waals surface area contributed by atoms with Crippen molar-refractivity contribution in [1.82, 2.24) is 10.2 Å². The van der Waals surface area contributed by atoms with Crippen molar-refractivity contribution < 1.29 is 9.59 Å². The van der Waals surface area contributed by atoms with Crippen LogP contribution in [0.3, 0.4) is 0 Å². The van der Waals surface area contributed by atoms with Gasteiger partial charge in [-0.15, -0.1) is 0 Å². The zero-order valence-corrected chi connectivity index (χ0v) is 14.6. The molecular formula is C20H24N2O2. The number of nitrogens with zero attached hydrogens (tertiary/aromatic N) is 1. The smallest absolute Gasteiger partial charge is 0.243 e. The van der Waals surface area contributed by atoms with E-state index in [4.69, 9.17) is 0 Å². The molecule has 4 heteroatoms. The van der Waals surface area contributed by atoms with Crippen molar-refractivity contribution in [2.45, 2.75) is 32.4 Å². The highest BCUT2D eigenvalue weighted by Gasteiger charge is 2.33. The van der Waals surface area contributed by atoms with Gasteiger partial charge in [-0.1, -0.05) is 60.7 Å². The van der Waals surface area contributed by atoms with E-state index in [1.165, 1.54) is 11.8 Å². The second-order valence-electron chi connectivity index (χ2n) is 6.15. The Morgan fingerprint density at radius 1 is 0.958 bits per heavy atom. The zero-order valence-electron chi connectivity index (χ0n) is 14.6. The van der Waals surface area contributed by atoms with Gasteiger partial charge in [0.25, 0.3) is 0 Å². The number of hydrogen-bond acceptors (Lipinski definition) is 2. The van der Waals surface area contributed by atoms with Crippen LogP contribution in [0.1, 0.15) is 31.9 Å². The van der Waals surface area contributed by atoms with Gasteiger partial charge in [-0.2, -0.15) is 0 Å². The minimum absolute atomic E-state index is 0.140. The number of carbonyl (C=O) groups excluding carboxylic acids is 2. The second kappa shape index (κ2) is 7.30. The number of likely N-dealkylation sites (N-methyl/N-ethyl adjacent to an activating group) is 1. The van der Waals surface area contributed by atoms with Crippen LogP contribution in [0.5, 0.6) is 0 Å². The highest BCUT2D eigenvalue weighted by Crippen LogP contribution is 2.29. The lowest BCUT2D eigenvalue weighted by Crippen LogP contribution is -2.52. The Morgan fingerprint density at radius 3 is 1.75 bits per heavy atom. The standard InChI is InChI=1S/C20H24N2O2/c1-15(22(4)16(2)23)19(24)21-20(3,17-11-7-5-8-12-17)18-13-9-6-10-14-18/h5-15H,1-4H3,(H,21,24). The molecule has 1 atom stereocenters. The molecule has 0 aliphatic carbocycles. The number of rotatable bonds is 5. The Morgan fingerprint density at radius 2 is 1.38 bits per heavy atom. The normalized spacial score (nSPS) is 12.3. The van der Waals surface area contributed by atoms with Crippen molar-refractivity contribution in [3.05, 3.63) is 71.8 Å². The molecule has 2 amide bonds. The van der Waals surface area contributed by atoms with Gasteiger partial charge in [-0.25, -0.2) is 0 Å². The van der Waals surface area contributed by atoms with Crippen molar-refractivity contribution in [2.24, 2.45) is 0 Å². The first-order valence-electron chi connectivity index (χ1n) is 8.02. The molecular weight excluding hydrogens is 300 g/mol. The van der Waals surface area contributed by atoms with Gasteiger partial charge in [-0.3, -0.25) is 9.59 Å². The van der Waals surface area contributed by atoms with Gasteiger partial charge in [0.15, 0.2) is 0 Å². The number of amides is 2. The zero-order chi connectivity index (χ0) is 17.7. The van der Waals surface area contributed by atoms with E-state index >= 15 is 0 Å². The molecule has 0 heterocycles. The molecule has 0 saturated carbocycles. The maximum absolute atomic E-state index is 12.7. The van der Waals surface area contributed by atoms with E-state index in [-0.39, 0.29) is 11.8 Å². The lowest BCUT2D eigenvalue weighted by atomic mass is 9.84. The molecule has 1 unspecified atom stereocenters. The Balaban J connectivity index is 2.38. The van der Waals surface area contributed by atoms with E-state index in [2.05, 4.69) is 5.32 Å². The van der Waals surface area contributed by atoms with E-state index in [0.717, 1.165) is 11.1 Å². The van der Waals surface area contributed by atoms with Gasteiger partial charge in [0, 0.05) is 14.0 Å². The number of carbonyl (C=O) groups is 2. The molecule has 1 N–H and O–H groups in total. The molecule has 2 aromatic rings. The van der Waals surface area contributed by atoms with Gasteiger partial charge in [0.2, 0.25) is 11.8 Å². The molecule has 24 heavy (non-hydrogen) atoms. The number of hydrogen-bond donors (Lipinski definition) is 1. The van der Waals surface area contributed by atoms with Crippen LogP contribution in [-0.2, 0) is 15.1 Å². The highest BCUT2D eigenvalue weighted by atomic mass is 16.2. The summed E-state index contributed by atoms with van der Waals surface area (Å²) in [7, 11) is 1.63. The Hall–Kier alpha value is -2.62. The first-order valence-corrected chi connectivity index (χ1v) is 8.02. The number of nitrogens with one attached hydrogen (secondary N) is 1. The van der Waals surface area contributed by atoms with E-state index in [1.54, 1.807) is 14.0 Å². The van der Waals surface area contributed by atoms with E-state index in [1.807, 2.05) is 67.6 Å². The van der Waals surface area contributed by atoms with Crippen LogP contribution < -0.4 is 5.32 Å². The van der Waals surface area contributed by atoms with Gasteiger partial charge < -0.3 is 10.2 Å². The fourth-order valence-electron chi connectivity index (χ4n) is 2.65. The SMILES string of the molecule is CC(=O)N(C)C(C)C(=O)NC(C)(c1ccccc1)c1ccccc1. The third kappa shape index (κ3) is 3.65. The van der Waals surface area contributed by atoms with Crippen molar-refractivity contribution >= 4 is 11.8 Å². The van der Waals surface area contributed by atoms with Crippen LogP contribution in [0.15, 0.2) is 60.7 Å². The summed E-state index contributed by atoms with van der Waals surface area (Å²) >= 11 is 0. The molecule has 0 saturated heterocycles. The maximum atomic E-state index is 12.7. The van der Waals surface area contributed by atoms with Crippen LogP contribution in [0.2, 0.25) is 0 Å². The summed E-state index contributed by atoms with van der Waals surface area (Å²) in [5.41, 5.74) is 1.30. The van der Waals surface area contributed by atoms with Crippen LogP contribution in [0.25, 0.3) is 0 Å². The Bertz CT molecular complexity index is 659. The van der Waals surface area contributed by atoms with Crippen LogP contribution in [0, 0.1) is 0 Å². The molecule has 2 aromatic carbocycles. The van der Waals surface area contributed by atoms with E-state index in [0.29, 0.717) is 0 Å². The minimum atomic E-state index is -0.675. The fourth-order valence-corrected chi connectivity index (χ4v) is 2.65. The summed E-state index contributed by atoms with van der Waals surface area (Å²) in [4.78, 5) is 25.7. The Kier molecular flexibility index (Phi) is 5.39. The molecule has 126 valence electrons. The van der Waals surface area contributed by atoms with Crippen molar-refractivity contribution in [2.75, 3.05) is 7.05 Å². The molecule has 0 aromatic heterocycles. The van der Waals surface area contributed by atoms with Gasteiger partial charge in [0.05, 0.1) is 5.54 Å². The third-order valence-corrected chi connectivity index (χ3v) is 4.53. The lowest BCUT2D eigenvalue weighted by Gasteiger charge is -2.34. The average molecular weight is 324 g/mol. The Labute approximate surface area is 143 Å². The predicted octanol–water partition coefficient (Wildman–Crippen LogP) is 2.93. The molecule has 0 aliphatic heterocycles. The largest absolute Gasteiger partial charge is 0.341 e. The first-order chi connectivity index (χ1) is 11.4. The second-order valence-corrected chi connectivity index (χ2v) is 6.15. The summed E-state index contributed by atoms with van der Waals surface area (Å²) < 4.78 is 0. The molecule has 0 aliphatic rings. The fraction of sp³-hybridized carbons (Fsp3) is 0.300. The highest BCUT2D eigenvalue weighted by molar-refractivity contribution is 5.87. The summed E-state index contributed by atoms with van der Waals surface area (Å²) in [6.45, 7) is 5.17. The van der Waals surface area contributed by atoms with Crippen molar-refractivity contribution in [3.8, 4) is 0 Å². The quantitative estimate of drug-likeness (QED) is 0.919. The van der Waals surface area contributed by atoms with Crippen LogP contribution in [-0.4, -0.2) is 29.8 Å². The van der Waals surface area contributed by atoms with Crippen LogP contribution in [0.4, 0.5) is 0 Å². The lowest BCUT2D eigenvalue weighted by molar-refractivity contribution is -0.137.